The van der Waals surface area contributed by atoms with Crippen molar-refractivity contribution in [2.24, 2.45) is 0 Å². The van der Waals surface area contributed by atoms with Crippen LogP contribution in [0.4, 0.5) is 11.4 Å². The molecule has 1 atom stereocenters. The number of anilines is 1. The molecule has 2 aliphatic heterocycles. The number of methoxy groups -OCH3 is 1. The highest BCUT2D eigenvalue weighted by Gasteiger charge is 2.44. The van der Waals surface area contributed by atoms with E-state index in [-0.39, 0.29) is 22.7 Å². The smallest absolute Gasteiger partial charge is 0.269 e. The minimum absolute atomic E-state index is 0.00959. The highest BCUT2D eigenvalue weighted by atomic mass is 16.6. The van der Waals surface area contributed by atoms with Crippen molar-refractivity contribution in [3.05, 3.63) is 122 Å². The Hall–Kier alpha value is -5.28. The van der Waals surface area contributed by atoms with E-state index in [1.54, 1.807) is 43.5 Å². The van der Waals surface area contributed by atoms with Gasteiger partial charge in [0.25, 0.3) is 5.69 Å². The molecule has 5 rings (SSSR count). The summed E-state index contributed by atoms with van der Waals surface area (Å²) in [6.45, 7) is 4.36. The van der Waals surface area contributed by atoms with Crippen molar-refractivity contribution in [3.8, 4) is 12.1 Å². The van der Waals surface area contributed by atoms with E-state index in [0.717, 1.165) is 5.69 Å². The molecule has 200 valence electrons. The molecule has 0 N–H and O–H groups in total. The lowest BCUT2D eigenvalue weighted by Gasteiger charge is -2.34. The molecule has 9 nitrogen and oxygen atoms in total. The maximum atomic E-state index is 11.0. The van der Waals surface area contributed by atoms with Crippen LogP contribution in [-0.2, 0) is 14.9 Å². The van der Waals surface area contributed by atoms with Gasteiger partial charge >= 0.3 is 0 Å². The van der Waals surface area contributed by atoms with Crippen molar-refractivity contribution in [3.63, 3.8) is 0 Å². The van der Waals surface area contributed by atoms with Crippen molar-refractivity contribution >= 4 is 17.1 Å². The molecule has 9 heteroatoms. The maximum Gasteiger partial charge on any atom is 0.269 e. The third kappa shape index (κ3) is 4.09. The molecule has 0 saturated heterocycles. The number of nitro benzene ring substituents is 1. The summed E-state index contributed by atoms with van der Waals surface area (Å²) in [5.74, 6) is 1.53. The summed E-state index contributed by atoms with van der Waals surface area (Å²) >= 11 is 0. The van der Waals surface area contributed by atoms with Crippen molar-refractivity contribution in [2.45, 2.75) is 25.3 Å². The Morgan fingerprint density at radius 2 is 1.80 bits per heavy atom. The fraction of sp³-hybridized carbons (Fsp3) is 0.226. The quantitative estimate of drug-likeness (QED) is 0.274. The Kier molecular flexibility index (Phi) is 6.45. The number of non-ortho nitro benzene ring substituents is 1. The van der Waals surface area contributed by atoms with E-state index in [4.69, 9.17) is 9.47 Å². The average Bonchev–Trinajstić information content (AvgIpc) is 3.40. The lowest BCUT2D eigenvalue weighted by atomic mass is 9.75. The van der Waals surface area contributed by atoms with Crippen LogP contribution in [0.5, 0.6) is 0 Å². The van der Waals surface area contributed by atoms with Crippen LogP contribution in [0.15, 0.2) is 101 Å². The molecule has 2 heterocycles. The SMILES string of the molecule is COC1=C(C=C2OC(c3ccc([N+](=O)[O-])cc3)=CN2C)C(=C(C#N)C#N)C1=CC1N(C)c2ccccc2C1(C)C. The van der Waals surface area contributed by atoms with Gasteiger partial charge in [0.1, 0.15) is 23.5 Å². The van der Waals surface area contributed by atoms with Crippen LogP contribution in [0.1, 0.15) is 25.0 Å². The summed E-state index contributed by atoms with van der Waals surface area (Å²) in [4.78, 5) is 14.5. The van der Waals surface area contributed by atoms with Crippen LogP contribution in [0.2, 0.25) is 0 Å². The summed E-state index contributed by atoms with van der Waals surface area (Å²) in [5, 5.41) is 30.7. The molecule has 0 fully saturated rings. The first-order chi connectivity index (χ1) is 19.1. The normalized spacial score (nSPS) is 20.9. The van der Waals surface area contributed by atoms with Gasteiger partial charge in [0.15, 0.2) is 5.76 Å². The van der Waals surface area contributed by atoms with Gasteiger partial charge in [0.05, 0.1) is 24.3 Å². The number of likely N-dealkylation sites (N-methyl/N-ethyl adjacent to an activating group) is 1. The van der Waals surface area contributed by atoms with Gasteiger partial charge < -0.3 is 19.3 Å². The number of fused-ring (bicyclic) bond motifs is 1. The summed E-state index contributed by atoms with van der Waals surface area (Å²) in [6, 6.07) is 18.4. The van der Waals surface area contributed by atoms with E-state index in [1.165, 1.54) is 17.7 Å². The van der Waals surface area contributed by atoms with Gasteiger partial charge in [0, 0.05) is 65.7 Å². The number of nitriles is 2. The second-order valence-corrected chi connectivity index (χ2v) is 10.3. The maximum absolute atomic E-state index is 11.0. The number of hydrogen-bond donors (Lipinski definition) is 0. The fourth-order valence-corrected chi connectivity index (χ4v) is 5.56. The summed E-state index contributed by atoms with van der Waals surface area (Å²) in [5.41, 5.74) is 4.58. The van der Waals surface area contributed by atoms with E-state index in [0.29, 0.717) is 39.7 Å². The Balaban J connectivity index is 1.54. The van der Waals surface area contributed by atoms with Crippen molar-refractivity contribution in [2.75, 3.05) is 26.1 Å². The lowest BCUT2D eigenvalue weighted by Crippen LogP contribution is -2.38. The van der Waals surface area contributed by atoms with Gasteiger partial charge in [-0.25, -0.2) is 0 Å². The van der Waals surface area contributed by atoms with Crippen LogP contribution >= 0.6 is 0 Å². The Bertz CT molecular complexity index is 1650. The molecule has 1 aliphatic carbocycles. The van der Waals surface area contributed by atoms with Crippen molar-refractivity contribution < 1.29 is 14.4 Å². The minimum Gasteiger partial charge on any atom is -0.495 e. The minimum atomic E-state index is -0.454. The Morgan fingerprint density at radius 3 is 2.40 bits per heavy atom. The third-order valence-corrected chi connectivity index (χ3v) is 7.67. The zero-order chi connectivity index (χ0) is 28.8. The van der Waals surface area contributed by atoms with E-state index < -0.39 is 4.92 Å². The molecule has 40 heavy (non-hydrogen) atoms. The first kappa shape index (κ1) is 26.3. The number of benzene rings is 2. The Morgan fingerprint density at radius 1 is 1.12 bits per heavy atom. The van der Waals surface area contributed by atoms with Crippen LogP contribution in [0, 0.1) is 32.8 Å². The molecule has 0 aromatic heterocycles. The number of hydrogen-bond acceptors (Lipinski definition) is 8. The number of ether oxygens (including phenoxy) is 2. The number of nitro groups is 1. The summed E-state index contributed by atoms with van der Waals surface area (Å²) < 4.78 is 11.9. The molecule has 0 saturated carbocycles. The molecule has 0 spiro atoms. The van der Waals surface area contributed by atoms with Crippen molar-refractivity contribution in [1.29, 1.82) is 10.5 Å². The summed E-state index contributed by atoms with van der Waals surface area (Å²) in [6.07, 6.45) is 5.58. The van der Waals surface area contributed by atoms with Gasteiger partial charge in [-0.2, -0.15) is 10.5 Å². The third-order valence-electron chi connectivity index (χ3n) is 7.67. The number of nitrogens with zero attached hydrogens (tertiary/aromatic N) is 5. The zero-order valence-electron chi connectivity index (χ0n) is 22.8. The van der Waals surface area contributed by atoms with E-state index in [9.17, 15) is 20.6 Å². The van der Waals surface area contributed by atoms with Crippen LogP contribution in [-0.4, -0.2) is 37.1 Å². The Labute approximate surface area is 232 Å². The first-order valence-electron chi connectivity index (χ1n) is 12.6. The standard InChI is InChI=1S/C31H27N5O4/c1-31(2)24-8-6-7-9-25(24)35(4)27(31)14-22-29(20(16-32)17-33)23(30(22)39-5)15-28-34(3)18-26(40-28)19-10-12-21(13-11-19)36(37)38/h6-15,18,27H,1-5H3. The molecular formula is C31H27N5O4. The first-order valence-corrected chi connectivity index (χ1v) is 12.6. The van der Waals surface area contributed by atoms with Gasteiger partial charge in [0.2, 0.25) is 5.88 Å². The molecule has 2 aromatic carbocycles. The van der Waals surface area contributed by atoms with E-state index >= 15 is 0 Å². The van der Waals surface area contributed by atoms with E-state index in [2.05, 4.69) is 37.0 Å². The topological polar surface area (TPSA) is 116 Å². The number of rotatable bonds is 5. The molecule has 0 amide bonds. The van der Waals surface area contributed by atoms with Gasteiger partial charge in [-0.1, -0.05) is 32.0 Å². The molecular weight excluding hydrogens is 506 g/mol. The molecule has 3 aliphatic rings. The van der Waals surface area contributed by atoms with Crippen molar-refractivity contribution in [1.82, 2.24) is 4.90 Å². The summed E-state index contributed by atoms with van der Waals surface area (Å²) in [7, 11) is 5.41. The van der Waals surface area contributed by atoms with Crippen LogP contribution in [0.3, 0.4) is 0 Å². The number of allylic oxidation sites excluding steroid dienone is 4. The highest BCUT2D eigenvalue weighted by Crippen LogP contribution is 2.49. The van der Waals surface area contributed by atoms with Gasteiger partial charge in [-0.15, -0.1) is 0 Å². The lowest BCUT2D eigenvalue weighted by molar-refractivity contribution is -0.384. The largest absolute Gasteiger partial charge is 0.495 e. The monoisotopic (exact) mass is 533 g/mol. The van der Waals surface area contributed by atoms with Gasteiger partial charge in [-0.05, 0) is 29.8 Å². The van der Waals surface area contributed by atoms with Crippen LogP contribution in [0.25, 0.3) is 5.76 Å². The molecule has 2 aromatic rings. The molecule has 1 unspecified atom stereocenters. The predicted octanol–water partition coefficient (Wildman–Crippen LogP) is 5.68. The molecule has 0 bridgehead atoms. The fourth-order valence-electron chi connectivity index (χ4n) is 5.56. The second kappa shape index (κ2) is 9.79. The number of para-hydroxylation sites is 1. The molecule has 0 radical (unpaired) electrons. The second-order valence-electron chi connectivity index (χ2n) is 10.3. The average molecular weight is 534 g/mol. The van der Waals surface area contributed by atoms with Gasteiger partial charge in [-0.3, -0.25) is 10.1 Å². The zero-order valence-corrected chi connectivity index (χ0v) is 22.8. The van der Waals surface area contributed by atoms with Crippen LogP contribution < -0.4 is 4.90 Å². The van der Waals surface area contributed by atoms with E-state index in [1.807, 2.05) is 31.3 Å². The highest BCUT2D eigenvalue weighted by molar-refractivity contribution is 5.78. The predicted molar refractivity (Wildman–Crippen MR) is 150 cm³/mol.